The third-order valence-corrected chi connectivity index (χ3v) is 4.44. The van der Waals surface area contributed by atoms with Crippen LogP contribution in [0.4, 0.5) is 5.69 Å². The Morgan fingerprint density at radius 1 is 1.20 bits per heavy atom. The maximum Gasteiger partial charge on any atom is 0.228 e. The van der Waals surface area contributed by atoms with Gasteiger partial charge in [-0.05, 0) is 37.8 Å². The molecule has 1 amide bonds. The summed E-state index contributed by atoms with van der Waals surface area (Å²) in [6, 6.07) is 10.4. The van der Waals surface area contributed by atoms with E-state index in [-0.39, 0.29) is 11.8 Å². The van der Waals surface area contributed by atoms with Gasteiger partial charge >= 0.3 is 0 Å². The van der Waals surface area contributed by atoms with Crippen molar-refractivity contribution in [3.63, 3.8) is 0 Å². The zero-order valence-corrected chi connectivity index (χ0v) is 11.7. The summed E-state index contributed by atoms with van der Waals surface area (Å²) >= 11 is 0. The molecular weight excluding hydrogens is 252 g/mol. The van der Waals surface area contributed by atoms with Crippen LogP contribution < -0.4 is 5.32 Å². The van der Waals surface area contributed by atoms with Crippen LogP contribution in [0.3, 0.4) is 0 Å². The fourth-order valence-corrected chi connectivity index (χ4v) is 3.31. The fourth-order valence-electron chi connectivity index (χ4n) is 3.31. The molecule has 1 aliphatic carbocycles. The smallest absolute Gasteiger partial charge is 0.228 e. The summed E-state index contributed by atoms with van der Waals surface area (Å²) in [5.41, 5.74) is 1.10. The van der Waals surface area contributed by atoms with E-state index in [0.29, 0.717) is 6.04 Å². The number of hydrogen-bond donors (Lipinski definition) is 2. The van der Waals surface area contributed by atoms with E-state index in [1.165, 1.54) is 0 Å². The highest BCUT2D eigenvalue weighted by Gasteiger charge is 2.36. The van der Waals surface area contributed by atoms with Crippen LogP contribution in [0.25, 0.3) is 0 Å². The van der Waals surface area contributed by atoms with Gasteiger partial charge in [0.2, 0.25) is 5.91 Å². The van der Waals surface area contributed by atoms with Crippen molar-refractivity contribution in [2.75, 3.05) is 18.4 Å². The Balaban J connectivity index is 1.55. The number of rotatable bonds is 3. The first-order valence-corrected chi connectivity index (χ1v) is 7.52. The lowest BCUT2D eigenvalue weighted by Gasteiger charge is -2.23. The van der Waals surface area contributed by atoms with Gasteiger partial charge < -0.3 is 15.3 Å². The van der Waals surface area contributed by atoms with E-state index >= 15 is 0 Å². The Hall–Kier alpha value is -1.55. The predicted molar refractivity (Wildman–Crippen MR) is 78.4 cm³/mol. The standard InChI is InChI=1S/C16H22N2O2/c19-15-8-4-7-14(15)16(20)18-10-9-13(11-18)17-12-5-2-1-3-6-12/h1-3,5-6,13-15,17,19H,4,7-11H2. The zero-order chi connectivity index (χ0) is 13.9. The summed E-state index contributed by atoms with van der Waals surface area (Å²) in [5.74, 6) is -0.0159. The third kappa shape index (κ3) is 2.80. The predicted octanol–water partition coefficient (Wildman–Crippen LogP) is 1.86. The summed E-state index contributed by atoms with van der Waals surface area (Å²) in [6.45, 7) is 1.55. The van der Waals surface area contributed by atoms with E-state index in [2.05, 4.69) is 5.32 Å². The van der Waals surface area contributed by atoms with Gasteiger partial charge in [-0.2, -0.15) is 0 Å². The summed E-state index contributed by atoms with van der Waals surface area (Å²) in [4.78, 5) is 14.3. The molecule has 4 heteroatoms. The average Bonchev–Trinajstić information content (AvgIpc) is 3.08. The molecule has 1 heterocycles. The molecule has 2 fully saturated rings. The number of aliphatic hydroxyl groups is 1. The second-order valence-electron chi connectivity index (χ2n) is 5.88. The molecule has 4 nitrogen and oxygen atoms in total. The van der Waals surface area contributed by atoms with Crippen molar-refractivity contribution in [3.8, 4) is 0 Å². The van der Waals surface area contributed by atoms with Crippen molar-refractivity contribution in [3.05, 3.63) is 30.3 Å². The topological polar surface area (TPSA) is 52.6 Å². The Kier molecular flexibility index (Phi) is 3.92. The van der Waals surface area contributed by atoms with Crippen molar-refractivity contribution in [1.82, 2.24) is 4.90 Å². The van der Waals surface area contributed by atoms with Crippen molar-refractivity contribution < 1.29 is 9.90 Å². The first kappa shape index (κ1) is 13.4. The average molecular weight is 274 g/mol. The number of carbonyl (C=O) groups is 1. The number of carbonyl (C=O) groups excluding carboxylic acids is 1. The Labute approximate surface area is 119 Å². The molecule has 1 aliphatic heterocycles. The molecule has 1 saturated carbocycles. The molecule has 2 N–H and O–H groups in total. The van der Waals surface area contributed by atoms with Crippen LogP contribution >= 0.6 is 0 Å². The van der Waals surface area contributed by atoms with Crippen LogP contribution in [-0.2, 0) is 4.79 Å². The second kappa shape index (κ2) is 5.83. The van der Waals surface area contributed by atoms with Crippen molar-refractivity contribution >= 4 is 11.6 Å². The summed E-state index contributed by atoms with van der Waals surface area (Å²) in [7, 11) is 0. The van der Waals surface area contributed by atoms with Gasteiger partial charge in [0, 0.05) is 24.8 Å². The Morgan fingerprint density at radius 2 is 2.00 bits per heavy atom. The summed E-state index contributed by atoms with van der Waals surface area (Å²) in [5, 5.41) is 13.3. The fraction of sp³-hybridized carbons (Fsp3) is 0.562. The Bertz CT molecular complexity index is 463. The largest absolute Gasteiger partial charge is 0.392 e. The minimum atomic E-state index is -0.427. The molecule has 3 rings (SSSR count). The lowest BCUT2D eigenvalue weighted by Crippen LogP contribution is -2.38. The van der Waals surface area contributed by atoms with E-state index in [1.807, 2.05) is 35.2 Å². The molecule has 2 aliphatic rings. The number of amides is 1. The number of aliphatic hydroxyl groups excluding tert-OH is 1. The number of anilines is 1. The van der Waals surface area contributed by atoms with E-state index in [4.69, 9.17) is 0 Å². The van der Waals surface area contributed by atoms with Gasteiger partial charge in [0.05, 0.1) is 12.0 Å². The monoisotopic (exact) mass is 274 g/mol. The van der Waals surface area contributed by atoms with Gasteiger partial charge in [-0.15, -0.1) is 0 Å². The molecule has 3 atom stereocenters. The van der Waals surface area contributed by atoms with Gasteiger partial charge in [0.25, 0.3) is 0 Å². The second-order valence-corrected chi connectivity index (χ2v) is 5.88. The van der Waals surface area contributed by atoms with Gasteiger partial charge in [0.1, 0.15) is 0 Å². The highest BCUT2D eigenvalue weighted by atomic mass is 16.3. The molecular formula is C16H22N2O2. The van der Waals surface area contributed by atoms with Crippen LogP contribution in [-0.4, -0.2) is 41.1 Å². The number of benzene rings is 1. The van der Waals surface area contributed by atoms with E-state index < -0.39 is 6.10 Å². The molecule has 1 aromatic rings. The SMILES string of the molecule is O=C(C1CCCC1O)N1CCC(Nc2ccccc2)C1. The summed E-state index contributed by atoms with van der Waals surface area (Å²) in [6.07, 6.45) is 3.13. The van der Waals surface area contributed by atoms with Crippen molar-refractivity contribution in [1.29, 1.82) is 0 Å². The lowest BCUT2D eigenvalue weighted by molar-refractivity contribution is -0.137. The number of hydrogen-bond acceptors (Lipinski definition) is 3. The molecule has 0 bridgehead atoms. The van der Waals surface area contributed by atoms with Crippen LogP contribution in [0.5, 0.6) is 0 Å². The molecule has 20 heavy (non-hydrogen) atoms. The lowest BCUT2D eigenvalue weighted by atomic mass is 10.0. The highest BCUT2D eigenvalue weighted by molar-refractivity contribution is 5.80. The normalized spacial score (nSPS) is 29.6. The molecule has 108 valence electrons. The maximum atomic E-state index is 12.4. The van der Waals surface area contributed by atoms with E-state index in [0.717, 1.165) is 44.5 Å². The van der Waals surface area contributed by atoms with E-state index in [1.54, 1.807) is 0 Å². The van der Waals surface area contributed by atoms with E-state index in [9.17, 15) is 9.90 Å². The molecule has 3 unspecified atom stereocenters. The van der Waals surface area contributed by atoms with Gasteiger partial charge in [-0.3, -0.25) is 4.79 Å². The molecule has 0 aromatic heterocycles. The highest BCUT2D eigenvalue weighted by Crippen LogP contribution is 2.28. The first-order chi connectivity index (χ1) is 9.74. The van der Waals surface area contributed by atoms with Crippen LogP contribution in [0.15, 0.2) is 30.3 Å². The quantitative estimate of drug-likeness (QED) is 0.884. The molecule has 0 radical (unpaired) electrons. The van der Waals surface area contributed by atoms with Gasteiger partial charge in [0.15, 0.2) is 0 Å². The minimum absolute atomic E-state index is 0.146. The van der Waals surface area contributed by atoms with Gasteiger partial charge in [-0.25, -0.2) is 0 Å². The maximum absolute atomic E-state index is 12.4. The first-order valence-electron chi connectivity index (χ1n) is 7.52. The zero-order valence-electron chi connectivity index (χ0n) is 11.7. The molecule has 1 aromatic carbocycles. The van der Waals surface area contributed by atoms with Crippen LogP contribution in [0, 0.1) is 5.92 Å². The van der Waals surface area contributed by atoms with Crippen LogP contribution in [0.2, 0.25) is 0 Å². The summed E-state index contributed by atoms with van der Waals surface area (Å²) < 4.78 is 0. The number of nitrogens with one attached hydrogen (secondary N) is 1. The minimum Gasteiger partial charge on any atom is -0.392 e. The van der Waals surface area contributed by atoms with Crippen molar-refractivity contribution in [2.24, 2.45) is 5.92 Å². The van der Waals surface area contributed by atoms with Crippen molar-refractivity contribution in [2.45, 2.75) is 37.8 Å². The number of likely N-dealkylation sites (tertiary alicyclic amines) is 1. The Morgan fingerprint density at radius 3 is 2.70 bits per heavy atom. The van der Waals surface area contributed by atoms with Crippen LogP contribution in [0.1, 0.15) is 25.7 Å². The number of nitrogens with zero attached hydrogens (tertiary/aromatic N) is 1. The third-order valence-electron chi connectivity index (χ3n) is 4.44. The van der Waals surface area contributed by atoms with Gasteiger partial charge in [-0.1, -0.05) is 18.2 Å². The molecule has 0 spiro atoms. The number of para-hydroxylation sites is 1. The molecule has 1 saturated heterocycles.